The van der Waals surface area contributed by atoms with Crippen LogP contribution in [0.5, 0.6) is 0 Å². The topological polar surface area (TPSA) is 92.3 Å². The molecule has 2 aromatic rings. The number of anilines is 2. The van der Waals surface area contributed by atoms with Gasteiger partial charge in [0.15, 0.2) is 5.82 Å². The molecule has 23 heavy (non-hydrogen) atoms. The Bertz CT molecular complexity index is 732. The van der Waals surface area contributed by atoms with E-state index in [2.05, 4.69) is 9.97 Å². The first-order valence-corrected chi connectivity index (χ1v) is 7.72. The van der Waals surface area contributed by atoms with Crippen molar-refractivity contribution < 1.29 is 9.90 Å². The van der Waals surface area contributed by atoms with Crippen molar-refractivity contribution in [1.82, 2.24) is 9.97 Å². The van der Waals surface area contributed by atoms with Gasteiger partial charge in [-0.2, -0.15) is 0 Å². The van der Waals surface area contributed by atoms with Gasteiger partial charge in [0.05, 0.1) is 5.92 Å². The Morgan fingerprint density at radius 2 is 2.17 bits per heavy atom. The van der Waals surface area contributed by atoms with Crippen molar-refractivity contribution in [3.63, 3.8) is 0 Å². The highest BCUT2D eigenvalue weighted by molar-refractivity contribution is 5.71. The highest BCUT2D eigenvalue weighted by atomic mass is 16.4. The first-order valence-electron chi connectivity index (χ1n) is 7.72. The van der Waals surface area contributed by atoms with E-state index in [-0.39, 0.29) is 5.92 Å². The van der Waals surface area contributed by atoms with Gasteiger partial charge in [0.1, 0.15) is 5.82 Å². The number of aromatic nitrogens is 2. The number of carboxylic acid groups (broad SMARTS) is 1. The van der Waals surface area contributed by atoms with Gasteiger partial charge in [-0.25, -0.2) is 9.97 Å². The summed E-state index contributed by atoms with van der Waals surface area (Å²) in [6, 6.07) is 9.36. The molecule has 3 rings (SSSR count). The molecule has 1 aromatic carbocycles. The molecule has 1 fully saturated rings. The lowest BCUT2D eigenvalue weighted by Gasteiger charge is -2.31. The fraction of sp³-hybridized carbons (Fsp3) is 0.353. The molecule has 1 saturated heterocycles. The number of aliphatic carboxylic acids is 1. The van der Waals surface area contributed by atoms with Gasteiger partial charge >= 0.3 is 5.97 Å². The summed E-state index contributed by atoms with van der Waals surface area (Å²) in [7, 11) is 0. The van der Waals surface area contributed by atoms with E-state index >= 15 is 0 Å². The van der Waals surface area contributed by atoms with E-state index in [1.165, 1.54) is 0 Å². The first kappa shape index (κ1) is 15.3. The van der Waals surface area contributed by atoms with Crippen molar-refractivity contribution in [2.24, 2.45) is 5.92 Å². The van der Waals surface area contributed by atoms with Gasteiger partial charge in [-0.1, -0.05) is 12.1 Å². The van der Waals surface area contributed by atoms with Gasteiger partial charge in [0.2, 0.25) is 0 Å². The van der Waals surface area contributed by atoms with E-state index in [0.29, 0.717) is 18.1 Å². The van der Waals surface area contributed by atoms with Crippen molar-refractivity contribution in [1.29, 1.82) is 0 Å². The summed E-state index contributed by atoms with van der Waals surface area (Å²) in [6.07, 6.45) is 1.58. The molecule has 0 radical (unpaired) electrons. The highest BCUT2D eigenvalue weighted by Crippen LogP contribution is 2.25. The summed E-state index contributed by atoms with van der Waals surface area (Å²) in [5.74, 6) is 0.317. The zero-order valence-electron chi connectivity index (χ0n) is 13.1. The van der Waals surface area contributed by atoms with Crippen LogP contribution in [0.25, 0.3) is 11.4 Å². The van der Waals surface area contributed by atoms with E-state index in [0.717, 1.165) is 36.5 Å². The molecule has 0 saturated carbocycles. The van der Waals surface area contributed by atoms with Crippen LogP contribution < -0.4 is 10.6 Å². The number of carboxylic acids is 1. The molecule has 1 aliphatic rings. The predicted octanol–water partition coefficient (Wildman–Crippen LogP) is 2.34. The molecule has 0 spiro atoms. The lowest BCUT2D eigenvalue weighted by Crippen LogP contribution is -2.39. The second-order valence-electron chi connectivity index (χ2n) is 5.94. The van der Waals surface area contributed by atoms with Crippen LogP contribution in [0, 0.1) is 12.8 Å². The second-order valence-corrected chi connectivity index (χ2v) is 5.94. The number of piperidine rings is 1. The van der Waals surface area contributed by atoms with Crippen LogP contribution in [0.1, 0.15) is 18.5 Å². The van der Waals surface area contributed by atoms with Crippen LogP contribution in [-0.2, 0) is 4.79 Å². The van der Waals surface area contributed by atoms with Crippen LogP contribution in [0.15, 0.2) is 30.3 Å². The molecule has 2 heterocycles. The van der Waals surface area contributed by atoms with Crippen molar-refractivity contribution in [2.45, 2.75) is 19.8 Å². The standard InChI is InChI=1S/C17H20N4O2/c1-11-8-15(21-7-3-5-13(10-21)17(22)23)20-16(19-11)12-4-2-6-14(18)9-12/h2,4,6,8-9,13H,3,5,7,10,18H2,1H3,(H,22,23)/t13-/m0/s1. The maximum atomic E-state index is 11.3. The second kappa shape index (κ2) is 6.24. The average Bonchev–Trinajstić information content (AvgIpc) is 2.54. The van der Waals surface area contributed by atoms with Crippen LogP contribution in [0.4, 0.5) is 11.5 Å². The molecule has 6 heteroatoms. The number of benzene rings is 1. The van der Waals surface area contributed by atoms with Gasteiger partial charge in [0.25, 0.3) is 0 Å². The molecule has 1 atom stereocenters. The summed E-state index contributed by atoms with van der Waals surface area (Å²) in [4.78, 5) is 22.4. The van der Waals surface area contributed by atoms with Crippen molar-refractivity contribution >= 4 is 17.5 Å². The molecule has 0 unspecified atom stereocenters. The molecule has 0 bridgehead atoms. The minimum Gasteiger partial charge on any atom is -0.481 e. The normalized spacial score (nSPS) is 18.0. The lowest BCUT2D eigenvalue weighted by atomic mass is 9.98. The molecule has 1 aliphatic heterocycles. The van der Waals surface area contributed by atoms with Crippen LogP contribution in [-0.4, -0.2) is 34.1 Å². The third-order valence-electron chi connectivity index (χ3n) is 4.08. The summed E-state index contributed by atoms with van der Waals surface area (Å²) in [5.41, 5.74) is 8.21. The fourth-order valence-electron chi connectivity index (χ4n) is 2.91. The fourth-order valence-corrected chi connectivity index (χ4v) is 2.91. The predicted molar refractivity (Wildman–Crippen MR) is 89.2 cm³/mol. The number of nitrogens with zero attached hydrogens (tertiary/aromatic N) is 3. The van der Waals surface area contributed by atoms with Gasteiger partial charge < -0.3 is 15.7 Å². The van der Waals surface area contributed by atoms with Gasteiger partial charge in [0, 0.05) is 36.1 Å². The zero-order valence-corrected chi connectivity index (χ0v) is 13.1. The van der Waals surface area contributed by atoms with Crippen LogP contribution >= 0.6 is 0 Å². The average molecular weight is 312 g/mol. The summed E-state index contributed by atoms with van der Waals surface area (Å²) in [6.45, 7) is 3.22. The molecule has 0 aliphatic carbocycles. The smallest absolute Gasteiger partial charge is 0.308 e. The SMILES string of the molecule is Cc1cc(N2CCC[C@H](C(=O)O)C2)nc(-c2cccc(N)c2)n1. The summed E-state index contributed by atoms with van der Waals surface area (Å²) < 4.78 is 0. The van der Waals surface area contributed by atoms with Gasteiger partial charge in [-0.15, -0.1) is 0 Å². The monoisotopic (exact) mass is 312 g/mol. The van der Waals surface area contributed by atoms with E-state index in [9.17, 15) is 9.90 Å². The maximum absolute atomic E-state index is 11.3. The number of hydrogen-bond donors (Lipinski definition) is 2. The summed E-state index contributed by atoms with van der Waals surface area (Å²) >= 11 is 0. The molecule has 0 amide bonds. The minimum absolute atomic E-state index is 0.338. The molecular formula is C17H20N4O2. The minimum atomic E-state index is -0.739. The van der Waals surface area contributed by atoms with Gasteiger partial charge in [-0.3, -0.25) is 4.79 Å². The largest absolute Gasteiger partial charge is 0.481 e. The Kier molecular flexibility index (Phi) is 4.14. The van der Waals surface area contributed by atoms with Gasteiger partial charge in [-0.05, 0) is 31.9 Å². The van der Waals surface area contributed by atoms with E-state index in [4.69, 9.17) is 5.73 Å². The Morgan fingerprint density at radius 1 is 1.35 bits per heavy atom. The van der Waals surface area contributed by atoms with Crippen LogP contribution in [0.3, 0.4) is 0 Å². The Morgan fingerprint density at radius 3 is 2.91 bits per heavy atom. The third kappa shape index (κ3) is 3.41. The molecule has 6 nitrogen and oxygen atoms in total. The number of nitrogen functional groups attached to an aromatic ring is 1. The lowest BCUT2D eigenvalue weighted by molar-refractivity contribution is -0.141. The number of nitrogens with two attached hydrogens (primary N) is 1. The first-order chi connectivity index (χ1) is 11.0. The Balaban J connectivity index is 1.93. The number of aryl methyl sites for hydroxylation is 1. The van der Waals surface area contributed by atoms with Crippen molar-refractivity contribution in [2.75, 3.05) is 23.7 Å². The zero-order chi connectivity index (χ0) is 16.4. The third-order valence-corrected chi connectivity index (χ3v) is 4.08. The highest BCUT2D eigenvalue weighted by Gasteiger charge is 2.26. The quantitative estimate of drug-likeness (QED) is 0.845. The summed E-state index contributed by atoms with van der Waals surface area (Å²) in [5, 5.41) is 9.25. The number of carbonyl (C=O) groups is 1. The molecule has 3 N–H and O–H groups in total. The van der Waals surface area contributed by atoms with E-state index < -0.39 is 5.97 Å². The Hall–Kier alpha value is -2.63. The van der Waals surface area contributed by atoms with E-state index in [1.807, 2.05) is 42.2 Å². The van der Waals surface area contributed by atoms with Crippen LogP contribution in [0.2, 0.25) is 0 Å². The number of hydrogen-bond acceptors (Lipinski definition) is 5. The molecule has 1 aromatic heterocycles. The molecular weight excluding hydrogens is 292 g/mol. The van der Waals surface area contributed by atoms with Crippen molar-refractivity contribution in [3.05, 3.63) is 36.0 Å². The molecule has 120 valence electrons. The van der Waals surface area contributed by atoms with E-state index in [1.54, 1.807) is 0 Å². The Labute approximate surface area is 135 Å². The number of rotatable bonds is 3. The van der Waals surface area contributed by atoms with Crippen molar-refractivity contribution in [3.8, 4) is 11.4 Å². The maximum Gasteiger partial charge on any atom is 0.308 e.